The maximum absolute atomic E-state index is 9.57. The van der Waals surface area contributed by atoms with E-state index in [1.54, 1.807) is 0 Å². The van der Waals surface area contributed by atoms with E-state index < -0.39 is 0 Å². The Labute approximate surface area is 106 Å². The lowest BCUT2D eigenvalue weighted by Gasteiger charge is -2.30. The molecular formula is C12H15Cl2NO. The summed E-state index contributed by atoms with van der Waals surface area (Å²) in [7, 11) is 0. The van der Waals surface area contributed by atoms with Crippen LogP contribution in [0, 0.1) is 0 Å². The minimum absolute atomic E-state index is 0.184. The molecule has 88 valence electrons. The number of aliphatic hydroxyl groups excluding tert-OH is 1. The summed E-state index contributed by atoms with van der Waals surface area (Å²) in [5.41, 5.74) is 1.14. The zero-order valence-electron chi connectivity index (χ0n) is 9.00. The van der Waals surface area contributed by atoms with Crippen LogP contribution in [0.15, 0.2) is 18.2 Å². The molecule has 4 heteroatoms. The summed E-state index contributed by atoms with van der Waals surface area (Å²) in [6, 6.07) is 5.69. The normalized spacial score (nSPS) is 22.3. The molecule has 0 radical (unpaired) electrons. The second-order valence-corrected chi connectivity index (χ2v) is 5.09. The fourth-order valence-corrected chi connectivity index (χ4v) is 2.39. The van der Waals surface area contributed by atoms with E-state index in [1.807, 2.05) is 18.2 Å². The van der Waals surface area contributed by atoms with Crippen molar-refractivity contribution in [1.82, 2.24) is 4.90 Å². The van der Waals surface area contributed by atoms with E-state index in [0.29, 0.717) is 10.0 Å². The minimum Gasteiger partial charge on any atom is -0.392 e. The molecule has 0 aromatic heterocycles. The van der Waals surface area contributed by atoms with Gasteiger partial charge in [-0.25, -0.2) is 0 Å². The zero-order chi connectivity index (χ0) is 11.5. The summed E-state index contributed by atoms with van der Waals surface area (Å²) < 4.78 is 0. The van der Waals surface area contributed by atoms with Gasteiger partial charge in [0.15, 0.2) is 0 Å². The van der Waals surface area contributed by atoms with E-state index in [4.69, 9.17) is 23.2 Å². The second kappa shape index (κ2) is 5.37. The number of aliphatic hydroxyl groups is 1. The predicted octanol–water partition coefficient (Wildman–Crippen LogP) is 2.95. The van der Waals surface area contributed by atoms with Crippen LogP contribution in [0.25, 0.3) is 0 Å². The third-order valence-electron chi connectivity index (χ3n) is 2.87. The molecule has 0 aliphatic carbocycles. The van der Waals surface area contributed by atoms with Crippen LogP contribution in [0.2, 0.25) is 10.0 Å². The van der Waals surface area contributed by atoms with E-state index in [9.17, 15) is 5.11 Å². The Balaban J connectivity index is 2.00. The summed E-state index contributed by atoms with van der Waals surface area (Å²) in [5, 5.41) is 10.7. The second-order valence-electron chi connectivity index (χ2n) is 4.28. The molecule has 1 aromatic rings. The standard InChI is InChI=1S/C12H15Cl2NO/c13-11-4-3-9(6-12(11)14)7-15-5-1-2-10(16)8-15/h3-4,6,10,16H,1-2,5,7-8H2. The van der Waals surface area contributed by atoms with Crippen LogP contribution in [0.4, 0.5) is 0 Å². The van der Waals surface area contributed by atoms with E-state index in [-0.39, 0.29) is 6.10 Å². The van der Waals surface area contributed by atoms with Crippen molar-refractivity contribution >= 4 is 23.2 Å². The summed E-state index contributed by atoms with van der Waals surface area (Å²) in [4.78, 5) is 2.24. The summed E-state index contributed by atoms with van der Waals surface area (Å²) in [5.74, 6) is 0. The first kappa shape index (κ1) is 12.2. The fourth-order valence-electron chi connectivity index (χ4n) is 2.07. The van der Waals surface area contributed by atoms with Gasteiger partial charge in [0.2, 0.25) is 0 Å². The molecule has 16 heavy (non-hydrogen) atoms. The van der Waals surface area contributed by atoms with Gasteiger partial charge in [-0.15, -0.1) is 0 Å². The molecule has 0 spiro atoms. The highest BCUT2D eigenvalue weighted by atomic mass is 35.5. The smallest absolute Gasteiger partial charge is 0.0667 e. The highest BCUT2D eigenvalue weighted by Crippen LogP contribution is 2.23. The number of nitrogens with zero attached hydrogens (tertiary/aromatic N) is 1. The zero-order valence-corrected chi connectivity index (χ0v) is 10.5. The number of β-amino-alcohol motifs (C(OH)–C–C–N with tert-alkyl or cyclic N) is 1. The Bertz CT molecular complexity index is 370. The summed E-state index contributed by atoms with van der Waals surface area (Å²) >= 11 is 11.8. The summed E-state index contributed by atoms with van der Waals surface area (Å²) in [6.45, 7) is 2.62. The van der Waals surface area contributed by atoms with Crippen molar-refractivity contribution in [3.63, 3.8) is 0 Å². The minimum atomic E-state index is -0.184. The quantitative estimate of drug-likeness (QED) is 0.883. The first-order valence-electron chi connectivity index (χ1n) is 5.49. The van der Waals surface area contributed by atoms with Gasteiger partial charge in [-0.05, 0) is 37.1 Å². The Kier molecular flexibility index (Phi) is 4.09. The van der Waals surface area contributed by atoms with Gasteiger partial charge in [0.1, 0.15) is 0 Å². The number of hydrogen-bond acceptors (Lipinski definition) is 2. The molecule has 1 unspecified atom stereocenters. The number of piperidine rings is 1. The van der Waals surface area contributed by atoms with Crippen molar-refractivity contribution in [2.45, 2.75) is 25.5 Å². The Morgan fingerprint density at radius 2 is 2.12 bits per heavy atom. The SMILES string of the molecule is OC1CCCN(Cc2ccc(Cl)c(Cl)c2)C1. The van der Waals surface area contributed by atoms with Gasteiger partial charge in [0, 0.05) is 13.1 Å². The van der Waals surface area contributed by atoms with Crippen molar-refractivity contribution in [3.8, 4) is 0 Å². The number of hydrogen-bond donors (Lipinski definition) is 1. The van der Waals surface area contributed by atoms with Crippen molar-refractivity contribution in [3.05, 3.63) is 33.8 Å². The average Bonchev–Trinajstić information content (AvgIpc) is 2.24. The predicted molar refractivity (Wildman–Crippen MR) is 67.0 cm³/mol. The molecule has 0 amide bonds. The van der Waals surface area contributed by atoms with Gasteiger partial charge in [-0.1, -0.05) is 29.3 Å². The molecule has 1 aliphatic heterocycles. The maximum atomic E-state index is 9.57. The Hall–Kier alpha value is -0.280. The molecular weight excluding hydrogens is 245 g/mol. The van der Waals surface area contributed by atoms with Crippen molar-refractivity contribution in [2.24, 2.45) is 0 Å². The number of halogens is 2. The third-order valence-corrected chi connectivity index (χ3v) is 3.61. The number of rotatable bonds is 2. The molecule has 0 saturated carbocycles. The highest BCUT2D eigenvalue weighted by Gasteiger charge is 2.17. The van der Waals surface area contributed by atoms with E-state index in [1.165, 1.54) is 0 Å². The van der Waals surface area contributed by atoms with Gasteiger partial charge >= 0.3 is 0 Å². The number of likely N-dealkylation sites (tertiary alicyclic amines) is 1. The average molecular weight is 260 g/mol. The first-order valence-corrected chi connectivity index (χ1v) is 6.25. The van der Waals surface area contributed by atoms with Crippen LogP contribution in [0.5, 0.6) is 0 Å². The molecule has 1 atom stereocenters. The molecule has 1 fully saturated rings. The van der Waals surface area contributed by atoms with Crippen LogP contribution >= 0.6 is 23.2 Å². The van der Waals surface area contributed by atoms with Gasteiger partial charge in [-0.2, -0.15) is 0 Å². The van der Waals surface area contributed by atoms with Gasteiger partial charge in [0.05, 0.1) is 16.1 Å². The molecule has 1 heterocycles. The lowest BCUT2D eigenvalue weighted by Crippen LogP contribution is -2.37. The Morgan fingerprint density at radius 3 is 2.81 bits per heavy atom. The monoisotopic (exact) mass is 259 g/mol. The fraction of sp³-hybridized carbons (Fsp3) is 0.500. The van der Waals surface area contributed by atoms with Gasteiger partial charge < -0.3 is 5.11 Å². The Morgan fingerprint density at radius 1 is 1.31 bits per heavy atom. The van der Waals surface area contributed by atoms with Crippen LogP contribution in [-0.4, -0.2) is 29.2 Å². The topological polar surface area (TPSA) is 23.5 Å². The molecule has 2 nitrogen and oxygen atoms in total. The first-order chi connectivity index (χ1) is 7.65. The van der Waals surface area contributed by atoms with E-state index >= 15 is 0 Å². The van der Waals surface area contributed by atoms with Crippen LogP contribution < -0.4 is 0 Å². The summed E-state index contributed by atoms with van der Waals surface area (Å²) in [6.07, 6.45) is 1.79. The molecule has 2 rings (SSSR count). The molecule has 1 aromatic carbocycles. The molecule has 1 N–H and O–H groups in total. The van der Waals surface area contributed by atoms with Crippen molar-refractivity contribution < 1.29 is 5.11 Å². The van der Waals surface area contributed by atoms with Gasteiger partial charge in [-0.3, -0.25) is 4.90 Å². The number of benzene rings is 1. The van der Waals surface area contributed by atoms with Crippen LogP contribution in [0.3, 0.4) is 0 Å². The van der Waals surface area contributed by atoms with E-state index in [2.05, 4.69) is 4.90 Å². The third kappa shape index (κ3) is 3.11. The largest absolute Gasteiger partial charge is 0.392 e. The van der Waals surface area contributed by atoms with Crippen LogP contribution in [0.1, 0.15) is 18.4 Å². The van der Waals surface area contributed by atoms with E-state index in [0.717, 1.165) is 38.0 Å². The van der Waals surface area contributed by atoms with Crippen molar-refractivity contribution in [1.29, 1.82) is 0 Å². The highest BCUT2D eigenvalue weighted by molar-refractivity contribution is 6.42. The van der Waals surface area contributed by atoms with Crippen LogP contribution in [-0.2, 0) is 6.54 Å². The molecule has 1 saturated heterocycles. The molecule has 0 bridgehead atoms. The van der Waals surface area contributed by atoms with Gasteiger partial charge in [0.25, 0.3) is 0 Å². The molecule has 1 aliphatic rings. The lowest BCUT2D eigenvalue weighted by atomic mass is 10.1. The lowest BCUT2D eigenvalue weighted by molar-refractivity contribution is 0.0668. The maximum Gasteiger partial charge on any atom is 0.0667 e. The van der Waals surface area contributed by atoms with Crippen molar-refractivity contribution in [2.75, 3.05) is 13.1 Å².